The van der Waals surface area contributed by atoms with Crippen molar-refractivity contribution >= 4 is 23.2 Å². The van der Waals surface area contributed by atoms with Crippen LogP contribution < -0.4 is 10.2 Å². The normalized spacial score (nSPS) is 10.6. The number of benzene rings is 2. The summed E-state index contributed by atoms with van der Waals surface area (Å²) in [6.07, 6.45) is 0.967. The quantitative estimate of drug-likeness (QED) is 0.655. The molecule has 0 fully saturated rings. The smallest absolute Gasteiger partial charge is 0.274 e. The Morgan fingerprint density at radius 1 is 1.00 bits per heavy atom. The van der Waals surface area contributed by atoms with Gasteiger partial charge in [-0.05, 0) is 68.7 Å². The van der Waals surface area contributed by atoms with Crippen molar-refractivity contribution in [3.8, 4) is 0 Å². The topological polar surface area (TPSA) is 58.1 Å². The molecule has 3 aromatic rings. The number of carbonyl (C=O) groups excluding carboxylic acids is 1. The zero-order chi connectivity index (χ0) is 20.1. The molecule has 0 radical (unpaired) electrons. The monoisotopic (exact) mass is 374 g/mol. The highest BCUT2D eigenvalue weighted by atomic mass is 16.1. The SMILES string of the molecule is CCc1ccc(NC(=O)c2cc(C)nc(N(CC)c3cccc(C)c3)n2)cc1. The van der Waals surface area contributed by atoms with Crippen LogP contribution in [0.3, 0.4) is 0 Å². The molecule has 5 nitrogen and oxygen atoms in total. The maximum atomic E-state index is 12.8. The van der Waals surface area contributed by atoms with Crippen LogP contribution in [-0.4, -0.2) is 22.4 Å². The van der Waals surface area contributed by atoms with Crippen molar-refractivity contribution in [2.24, 2.45) is 0 Å². The first-order chi connectivity index (χ1) is 13.5. The summed E-state index contributed by atoms with van der Waals surface area (Å²) in [5.74, 6) is 0.288. The summed E-state index contributed by atoms with van der Waals surface area (Å²) in [6.45, 7) is 8.78. The molecule has 0 aliphatic rings. The van der Waals surface area contributed by atoms with Gasteiger partial charge in [0.2, 0.25) is 5.95 Å². The Labute approximate surface area is 166 Å². The molecule has 1 amide bonds. The molecule has 1 N–H and O–H groups in total. The second kappa shape index (κ2) is 8.65. The van der Waals surface area contributed by atoms with Gasteiger partial charge in [-0.15, -0.1) is 0 Å². The predicted molar refractivity (Wildman–Crippen MR) is 114 cm³/mol. The number of amides is 1. The fourth-order valence-electron chi connectivity index (χ4n) is 3.04. The number of nitrogens with one attached hydrogen (secondary N) is 1. The minimum atomic E-state index is -0.240. The number of carbonyl (C=O) groups is 1. The second-order valence-corrected chi connectivity index (χ2v) is 6.78. The number of hydrogen-bond donors (Lipinski definition) is 1. The largest absolute Gasteiger partial charge is 0.321 e. The summed E-state index contributed by atoms with van der Waals surface area (Å²) >= 11 is 0. The molecule has 5 heteroatoms. The number of nitrogens with zero attached hydrogens (tertiary/aromatic N) is 3. The van der Waals surface area contributed by atoms with Gasteiger partial charge in [0.25, 0.3) is 5.91 Å². The van der Waals surface area contributed by atoms with E-state index >= 15 is 0 Å². The van der Waals surface area contributed by atoms with Crippen LogP contribution in [0.25, 0.3) is 0 Å². The van der Waals surface area contributed by atoms with E-state index in [0.29, 0.717) is 18.2 Å². The van der Waals surface area contributed by atoms with Crippen LogP contribution in [0, 0.1) is 13.8 Å². The maximum Gasteiger partial charge on any atom is 0.274 e. The Hall–Kier alpha value is -3.21. The average molecular weight is 374 g/mol. The third-order valence-electron chi connectivity index (χ3n) is 4.57. The highest BCUT2D eigenvalue weighted by molar-refractivity contribution is 6.03. The van der Waals surface area contributed by atoms with Crippen LogP contribution in [0.4, 0.5) is 17.3 Å². The lowest BCUT2D eigenvalue weighted by atomic mass is 10.1. The van der Waals surface area contributed by atoms with Gasteiger partial charge in [0, 0.05) is 23.6 Å². The summed E-state index contributed by atoms with van der Waals surface area (Å²) in [7, 11) is 0. The van der Waals surface area contributed by atoms with Gasteiger partial charge >= 0.3 is 0 Å². The number of anilines is 3. The van der Waals surface area contributed by atoms with Crippen LogP contribution >= 0.6 is 0 Å². The fourth-order valence-corrected chi connectivity index (χ4v) is 3.04. The summed E-state index contributed by atoms with van der Waals surface area (Å²) in [4.78, 5) is 23.9. The van der Waals surface area contributed by atoms with Crippen molar-refractivity contribution in [3.05, 3.63) is 77.1 Å². The molecule has 28 heavy (non-hydrogen) atoms. The Balaban J connectivity index is 1.88. The van der Waals surface area contributed by atoms with E-state index < -0.39 is 0 Å². The zero-order valence-electron chi connectivity index (χ0n) is 16.9. The lowest BCUT2D eigenvalue weighted by Gasteiger charge is -2.22. The first-order valence-corrected chi connectivity index (χ1v) is 9.60. The molecule has 1 aromatic heterocycles. The molecule has 0 unspecified atom stereocenters. The van der Waals surface area contributed by atoms with Crippen LogP contribution in [0.15, 0.2) is 54.6 Å². The molecule has 3 rings (SSSR count). The van der Waals surface area contributed by atoms with E-state index in [1.165, 1.54) is 5.56 Å². The minimum absolute atomic E-state index is 0.240. The maximum absolute atomic E-state index is 12.8. The molecular weight excluding hydrogens is 348 g/mol. The predicted octanol–water partition coefficient (Wildman–Crippen LogP) is 5.07. The van der Waals surface area contributed by atoms with Gasteiger partial charge < -0.3 is 10.2 Å². The third kappa shape index (κ3) is 4.55. The van der Waals surface area contributed by atoms with Crippen LogP contribution in [0.1, 0.15) is 41.2 Å². The van der Waals surface area contributed by atoms with Crippen molar-refractivity contribution in [1.82, 2.24) is 9.97 Å². The van der Waals surface area contributed by atoms with E-state index in [9.17, 15) is 4.79 Å². The zero-order valence-corrected chi connectivity index (χ0v) is 16.9. The van der Waals surface area contributed by atoms with Crippen molar-refractivity contribution < 1.29 is 4.79 Å². The number of aromatic nitrogens is 2. The van der Waals surface area contributed by atoms with Crippen molar-refractivity contribution in [2.45, 2.75) is 34.1 Å². The van der Waals surface area contributed by atoms with Gasteiger partial charge in [0.05, 0.1) is 0 Å². The molecule has 0 atom stereocenters. The van der Waals surface area contributed by atoms with Crippen LogP contribution in [0.5, 0.6) is 0 Å². The number of hydrogen-bond acceptors (Lipinski definition) is 4. The Kier molecular flexibility index (Phi) is 6.04. The molecular formula is C23H26N4O. The van der Waals surface area contributed by atoms with Crippen molar-refractivity contribution in [1.29, 1.82) is 0 Å². The molecule has 0 saturated carbocycles. The van der Waals surface area contributed by atoms with Crippen molar-refractivity contribution in [2.75, 3.05) is 16.8 Å². The first kappa shape index (κ1) is 19.5. The van der Waals surface area contributed by atoms with Crippen molar-refractivity contribution in [3.63, 3.8) is 0 Å². The molecule has 1 heterocycles. The summed E-state index contributed by atoms with van der Waals surface area (Å²) < 4.78 is 0. The highest BCUT2D eigenvalue weighted by Gasteiger charge is 2.16. The number of rotatable bonds is 6. The van der Waals surface area contributed by atoms with Gasteiger partial charge in [0.1, 0.15) is 5.69 Å². The highest BCUT2D eigenvalue weighted by Crippen LogP contribution is 2.23. The van der Waals surface area contributed by atoms with E-state index in [1.807, 2.05) is 55.1 Å². The molecule has 0 spiro atoms. The lowest BCUT2D eigenvalue weighted by molar-refractivity contribution is 0.102. The van der Waals surface area contributed by atoms with Gasteiger partial charge in [-0.25, -0.2) is 9.97 Å². The molecule has 0 bridgehead atoms. The number of aryl methyl sites for hydroxylation is 3. The van der Waals surface area contributed by atoms with Crippen LogP contribution in [0.2, 0.25) is 0 Å². The van der Waals surface area contributed by atoms with E-state index in [2.05, 4.69) is 41.3 Å². The third-order valence-corrected chi connectivity index (χ3v) is 4.57. The minimum Gasteiger partial charge on any atom is -0.321 e. The average Bonchev–Trinajstić information content (AvgIpc) is 2.69. The molecule has 0 aliphatic heterocycles. The van der Waals surface area contributed by atoms with Gasteiger partial charge in [-0.2, -0.15) is 0 Å². The van der Waals surface area contributed by atoms with Gasteiger partial charge in [-0.1, -0.05) is 31.2 Å². The molecule has 2 aromatic carbocycles. The summed E-state index contributed by atoms with van der Waals surface area (Å²) in [6, 6.07) is 17.7. The summed E-state index contributed by atoms with van der Waals surface area (Å²) in [5.41, 5.74) is 5.27. The van der Waals surface area contributed by atoms with E-state index in [4.69, 9.17) is 0 Å². The van der Waals surface area contributed by atoms with Crippen LogP contribution in [-0.2, 0) is 6.42 Å². The summed E-state index contributed by atoms with van der Waals surface area (Å²) in [5, 5.41) is 2.92. The Morgan fingerprint density at radius 2 is 1.75 bits per heavy atom. The van der Waals surface area contributed by atoms with Gasteiger partial charge in [-0.3, -0.25) is 4.79 Å². The van der Waals surface area contributed by atoms with E-state index in [-0.39, 0.29) is 5.91 Å². The molecule has 144 valence electrons. The Bertz CT molecular complexity index is 967. The van der Waals surface area contributed by atoms with E-state index in [0.717, 1.165) is 29.1 Å². The van der Waals surface area contributed by atoms with Gasteiger partial charge in [0.15, 0.2) is 0 Å². The lowest BCUT2D eigenvalue weighted by Crippen LogP contribution is -2.22. The molecule has 0 saturated heterocycles. The van der Waals surface area contributed by atoms with E-state index in [1.54, 1.807) is 6.07 Å². The standard InChI is InChI=1S/C23H26N4O/c1-5-18-10-12-19(13-11-18)25-22(28)21-15-17(4)24-23(26-21)27(6-2)20-9-7-8-16(3)14-20/h7-15H,5-6H2,1-4H3,(H,25,28). The first-order valence-electron chi connectivity index (χ1n) is 9.60. The molecule has 0 aliphatic carbocycles. The fraction of sp³-hybridized carbons (Fsp3) is 0.261. The second-order valence-electron chi connectivity index (χ2n) is 6.78. The Morgan fingerprint density at radius 3 is 2.39 bits per heavy atom.